The summed E-state index contributed by atoms with van der Waals surface area (Å²) in [4.78, 5) is 22.3. The van der Waals surface area contributed by atoms with E-state index < -0.39 is 0 Å². The maximum atomic E-state index is 11.2. The number of nitrogens with one attached hydrogen (secondary N) is 1. The van der Waals surface area contributed by atoms with E-state index in [2.05, 4.69) is 11.9 Å². The average molecular weight is 225 g/mol. The Morgan fingerprint density at radius 2 is 2.31 bits per heavy atom. The smallest absolute Gasteiger partial charge is 0.333 e. The molecule has 1 unspecified atom stereocenters. The largest absolute Gasteiger partial charge is 0.462 e. The van der Waals surface area contributed by atoms with E-state index in [1.807, 2.05) is 0 Å². The van der Waals surface area contributed by atoms with Crippen molar-refractivity contribution < 1.29 is 14.3 Å². The number of rotatable bonds is 6. The Morgan fingerprint density at radius 1 is 1.56 bits per heavy atom. The summed E-state index contributed by atoms with van der Waals surface area (Å²) in [6, 6.07) is 0. The first-order valence-corrected chi connectivity index (χ1v) is 5.71. The van der Waals surface area contributed by atoms with E-state index >= 15 is 0 Å². The number of hydrogen-bond donors (Lipinski definition) is 1. The zero-order valence-corrected chi connectivity index (χ0v) is 9.75. The first kappa shape index (κ1) is 12.7. The summed E-state index contributed by atoms with van der Waals surface area (Å²) < 4.78 is 4.96. The number of esters is 1. The summed E-state index contributed by atoms with van der Waals surface area (Å²) in [5.41, 5.74) is 0.426. The van der Waals surface area contributed by atoms with Gasteiger partial charge in [0.25, 0.3) is 0 Å². The van der Waals surface area contributed by atoms with Crippen LogP contribution in [-0.2, 0) is 14.3 Å². The van der Waals surface area contributed by atoms with E-state index in [1.54, 1.807) is 6.92 Å². The zero-order chi connectivity index (χ0) is 12.0. The van der Waals surface area contributed by atoms with Crippen molar-refractivity contribution >= 4 is 11.9 Å². The standard InChI is InChI=1S/C12H19NO3/c1-9(2)12(15)16-8-4-3-5-10-6-7-13-11(10)14/h10H,1,3-8H2,2H3,(H,13,14). The third kappa shape index (κ3) is 4.04. The van der Waals surface area contributed by atoms with E-state index in [4.69, 9.17) is 4.74 Å². The van der Waals surface area contributed by atoms with Crippen LogP contribution < -0.4 is 5.32 Å². The Kier molecular flexibility index (Phi) is 5.02. The average Bonchev–Trinajstić information content (AvgIpc) is 2.63. The lowest BCUT2D eigenvalue weighted by atomic mass is 10.0. The van der Waals surface area contributed by atoms with Crippen molar-refractivity contribution in [1.82, 2.24) is 5.32 Å². The van der Waals surface area contributed by atoms with E-state index in [-0.39, 0.29) is 17.8 Å². The van der Waals surface area contributed by atoms with Crippen molar-refractivity contribution in [2.45, 2.75) is 32.6 Å². The molecule has 1 heterocycles. The predicted octanol–water partition coefficient (Wildman–Crippen LogP) is 1.41. The molecule has 4 heteroatoms. The van der Waals surface area contributed by atoms with Gasteiger partial charge in [0.2, 0.25) is 5.91 Å². The lowest BCUT2D eigenvalue weighted by molar-refractivity contribution is -0.139. The van der Waals surface area contributed by atoms with Crippen LogP contribution in [0.5, 0.6) is 0 Å². The molecule has 1 fully saturated rings. The number of hydrogen-bond acceptors (Lipinski definition) is 3. The highest BCUT2D eigenvalue weighted by Gasteiger charge is 2.22. The van der Waals surface area contributed by atoms with Crippen LogP contribution >= 0.6 is 0 Å². The molecule has 16 heavy (non-hydrogen) atoms. The highest BCUT2D eigenvalue weighted by Crippen LogP contribution is 2.16. The minimum absolute atomic E-state index is 0.164. The van der Waals surface area contributed by atoms with Crippen LogP contribution in [0.25, 0.3) is 0 Å². The Labute approximate surface area is 96.0 Å². The molecule has 1 rings (SSSR count). The molecule has 1 N–H and O–H groups in total. The quantitative estimate of drug-likeness (QED) is 0.422. The van der Waals surface area contributed by atoms with Crippen molar-refractivity contribution in [3.8, 4) is 0 Å². The molecule has 0 aromatic heterocycles. The summed E-state index contributed by atoms with van der Waals surface area (Å²) in [7, 11) is 0. The third-order valence-corrected chi connectivity index (χ3v) is 2.69. The number of ether oxygens (including phenoxy) is 1. The molecule has 0 saturated carbocycles. The lowest BCUT2D eigenvalue weighted by Crippen LogP contribution is -2.19. The van der Waals surface area contributed by atoms with Crippen molar-refractivity contribution in [2.24, 2.45) is 5.92 Å². The third-order valence-electron chi connectivity index (χ3n) is 2.69. The molecule has 0 spiro atoms. The second-order valence-electron chi connectivity index (χ2n) is 4.19. The Hall–Kier alpha value is -1.32. The first-order chi connectivity index (χ1) is 7.61. The number of carbonyl (C=O) groups excluding carboxylic acids is 2. The Bertz CT molecular complexity index is 286. The monoisotopic (exact) mass is 225 g/mol. The molecule has 0 bridgehead atoms. The van der Waals surface area contributed by atoms with Crippen LogP contribution in [-0.4, -0.2) is 25.0 Å². The highest BCUT2D eigenvalue weighted by molar-refractivity contribution is 5.86. The summed E-state index contributed by atoms with van der Waals surface area (Å²) >= 11 is 0. The number of unbranched alkanes of at least 4 members (excludes halogenated alkanes) is 1. The lowest BCUT2D eigenvalue weighted by Gasteiger charge is -2.07. The van der Waals surface area contributed by atoms with Gasteiger partial charge in [-0.2, -0.15) is 0 Å². The maximum Gasteiger partial charge on any atom is 0.333 e. The van der Waals surface area contributed by atoms with Crippen LogP contribution in [0.3, 0.4) is 0 Å². The van der Waals surface area contributed by atoms with Gasteiger partial charge >= 0.3 is 5.97 Å². The van der Waals surface area contributed by atoms with E-state index in [0.29, 0.717) is 12.2 Å². The summed E-state index contributed by atoms with van der Waals surface area (Å²) in [6.45, 7) is 6.35. The topological polar surface area (TPSA) is 55.4 Å². The van der Waals surface area contributed by atoms with Gasteiger partial charge in [-0.1, -0.05) is 6.58 Å². The second-order valence-corrected chi connectivity index (χ2v) is 4.19. The van der Waals surface area contributed by atoms with Gasteiger partial charge in [-0.05, 0) is 32.6 Å². The van der Waals surface area contributed by atoms with Gasteiger partial charge in [0.05, 0.1) is 6.61 Å². The molecule has 90 valence electrons. The van der Waals surface area contributed by atoms with Gasteiger partial charge in [-0.25, -0.2) is 4.79 Å². The van der Waals surface area contributed by atoms with Crippen LogP contribution in [0.4, 0.5) is 0 Å². The van der Waals surface area contributed by atoms with Gasteiger partial charge in [0.15, 0.2) is 0 Å². The molecule has 0 aliphatic carbocycles. The predicted molar refractivity (Wildman–Crippen MR) is 60.7 cm³/mol. The molecule has 0 aromatic rings. The van der Waals surface area contributed by atoms with Gasteiger partial charge in [-0.15, -0.1) is 0 Å². The maximum absolute atomic E-state index is 11.2. The summed E-state index contributed by atoms with van der Waals surface area (Å²) in [6.07, 6.45) is 3.55. The molecule has 1 atom stereocenters. The van der Waals surface area contributed by atoms with Gasteiger partial charge in [-0.3, -0.25) is 4.79 Å². The number of amides is 1. The van der Waals surface area contributed by atoms with Crippen LogP contribution in [0, 0.1) is 5.92 Å². The Balaban J connectivity index is 2.02. The van der Waals surface area contributed by atoms with Crippen molar-refractivity contribution in [3.63, 3.8) is 0 Å². The fourth-order valence-corrected chi connectivity index (χ4v) is 1.70. The van der Waals surface area contributed by atoms with Crippen LogP contribution in [0.1, 0.15) is 32.6 Å². The molecule has 0 radical (unpaired) electrons. The molecule has 4 nitrogen and oxygen atoms in total. The second kappa shape index (κ2) is 6.30. The molecular weight excluding hydrogens is 206 g/mol. The summed E-state index contributed by atoms with van der Waals surface area (Å²) in [5, 5.41) is 2.81. The van der Waals surface area contributed by atoms with Gasteiger partial charge in [0.1, 0.15) is 0 Å². The summed E-state index contributed by atoms with van der Waals surface area (Å²) in [5.74, 6) is -0.00520. The highest BCUT2D eigenvalue weighted by atomic mass is 16.5. The van der Waals surface area contributed by atoms with E-state index in [0.717, 1.165) is 32.2 Å². The van der Waals surface area contributed by atoms with Crippen molar-refractivity contribution in [3.05, 3.63) is 12.2 Å². The first-order valence-electron chi connectivity index (χ1n) is 5.71. The van der Waals surface area contributed by atoms with Crippen LogP contribution in [0.2, 0.25) is 0 Å². The molecule has 1 aliphatic rings. The van der Waals surface area contributed by atoms with Gasteiger partial charge < -0.3 is 10.1 Å². The minimum Gasteiger partial charge on any atom is -0.462 e. The van der Waals surface area contributed by atoms with E-state index in [9.17, 15) is 9.59 Å². The van der Waals surface area contributed by atoms with Crippen molar-refractivity contribution in [1.29, 1.82) is 0 Å². The minimum atomic E-state index is -0.335. The fraction of sp³-hybridized carbons (Fsp3) is 0.667. The molecule has 1 aliphatic heterocycles. The Morgan fingerprint density at radius 3 is 2.88 bits per heavy atom. The van der Waals surface area contributed by atoms with Crippen LogP contribution in [0.15, 0.2) is 12.2 Å². The molecule has 1 amide bonds. The van der Waals surface area contributed by atoms with Crippen molar-refractivity contribution in [2.75, 3.05) is 13.2 Å². The SMILES string of the molecule is C=C(C)C(=O)OCCCCC1CCNC1=O. The zero-order valence-electron chi connectivity index (χ0n) is 9.75. The normalized spacial score (nSPS) is 19.3. The fourth-order valence-electron chi connectivity index (χ4n) is 1.70. The molecule has 1 saturated heterocycles. The van der Waals surface area contributed by atoms with Gasteiger partial charge in [0, 0.05) is 18.0 Å². The number of carbonyl (C=O) groups is 2. The van der Waals surface area contributed by atoms with E-state index in [1.165, 1.54) is 0 Å². The molecular formula is C12H19NO3. The molecule has 0 aromatic carbocycles.